The Labute approximate surface area is 149 Å². The molecule has 0 fully saturated rings. The van der Waals surface area contributed by atoms with Crippen molar-refractivity contribution in [2.75, 3.05) is 32.1 Å². The number of nitrogens with zero attached hydrogens (tertiary/aromatic N) is 2. The van der Waals surface area contributed by atoms with Crippen molar-refractivity contribution in [3.05, 3.63) is 65.5 Å². The summed E-state index contributed by atoms with van der Waals surface area (Å²) in [5.41, 5.74) is 3.05. The number of hydrogen-bond donors (Lipinski definition) is 2. The Bertz CT molecular complexity index is 680. The quantitative estimate of drug-likeness (QED) is 0.600. The van der Waals surface area contributed by atoms with Crippen molar-refractivity contribution in [2.24, 2.45) is 4.99 Å². The van der Waals surface area contributed by atoms with Gasteiger partial charge >= 0.3 is 0 Å². The number of halogens is 1. The minimum Gasteiger partial charge on any atom is -0.378 e. The van der Waals surface area contributed by atoms with Gasteiger partial charge in [0.2, 0.25) is 0 Å². The number of anilines is 1. The van der Waals surface area contributed by atoms with Gasteiger partial charge in [0.25, 0.3) is 0 Å². The summed E-state index contributed by atoms with van der Waals surface area (Å²) in [6, 6.07) is 15.2. The van der Waals surface area contributed by atoms with E-state index in [2.05, 4.69) is 44.8 Å². The minimum atomic E-state index is -0.219. The van der Waals surface area contributed by atoms with Crippen LogP contribution in [-0.2, 0) is 13.0 Å². The van der Waals surface area contributed by atoms with E-state index in [1.54, 1.807) is 12.1 Å². The van der Waals surface area contributed by atoms with Gasteiger partial charge < -0.3 is 15.5 Å². The fraction of sp³-hybridized carbons (Fsp3) is 0.350. The molecule has 0 atom stereocenters. The molecular formula is C20H27FN4. The first-order valence-electron chi connectivity index (χ1n) is 8.62. The maximum Gasteiger partial charge on any atom is 0.191 e. The average molecular weight is 342 g/mol. The molecule has 2 N–H and O–H groups in total. The van der Waals surface area contributed by atoms with E-state index in [0.717, 1.165) is 19.5 Å². The molecule has 4 nitrogen and oxygen atoms in total. The molecule has 134 valence electrons. The van der Waals surface area contributed by atoms with Crippen LogP contribution in [0.5, 0.6) is 0 Å². The van der Waals surface area contributed by atoms with Crippen LogP contribution < -0.4 is 15.5 Å². The van der Waals surface area contributed by atoms with Crippen molar-refractivity contribution in [3.8, 4) is 0 Å². The number of benzene rings is 2. The van der Waals surface area contributed by atoms with Crippen molar-refractivity contribution in [1.82, 2.24) is 10.6 Å². The lowest BCUT2D eigenvalue weighted by molar-refractivity contribution is 0.610. The van der Waals surface area contributed by atoms with Gasteiger partial charge in [0, 0.05) is 38.4 Å². The maximum absolute atomic E-state index is 13.7. The zero-order valence-electron chi connectivity index (χ0n) is 15.2. The fourth-order valence-electron chi connectivity index (χ4n) is 2.42. The van der Waals surface area contributed by atoms with E-state index in [0.29, 0.717) is 18.1 Å². The molecule has 0 spiro atoms. The van der Waals surface area contributed by atoms with Crippen LogP contribution in [0.3, 0.4) is 0 Å². The summed E-state index contributed by atoms with van der Waals surface area (Å²) in [7, 11) is 4.07. The molecule has 0 aliphatic heterocycles. The smallest absolute Gasteiger partial charge is 0.191 e. The van der Waals surface area contributed by atoms with Gasteiger partial charge in [-0.1, -0.05) is 30.3 Å². The molecule has 0 aliphatic rings. The number of nitrogens with one attached hydrogen (secondary N) is 2. The molecule has 2 rings (SSSR count). The van der Waals surface area contributed by atoms with E-state index in [4.69, 9.17) is 0 Å². The summed E-state index contributed by atoms with van der Waals surface area (Å²) in [4.78, 5) is 6.54. The van der Waals surface area contributed by atoms with Crippen molar-refractivity contribution in [1.29, 1.82) is 0 Å². The molecule has 0 heterocycles. The maximum atomic E-state index is 13.7. The van der Waals surface area contributed by atoms with E-state index in [-0.39, 0.29) is 5.82 Å². The van der Waals surface area contributed by atoms with Crippen LogP contribution >= 0.6 is 0 Å². The van der Waals surface area contributed by atoms with E-state index in [9.17, 15) is 4.39 Å². The zero-order valence-corrected chi connectivity index (χ0v) is 15.2. The van der Waals surface area contributed by atoms with Crippen LogP contribution in [0, 0.1) is 5.82 Å². The Morgan fingerprint density at radius 3 is 2.40 bits per heavy atom. The standard InChI is InChI=1S/C20H27FN4/c1-4-22-20(24-15-17-7-5-6-8-19(17)21)23-14-13-16-9-11-18(12-10-16)25(2)3/h5-12H,4,13-15H2,1-3H3,(H2,22,23,24). The van der Waals surface area contributed by atoms with Crippen LogP contribution in [0.1, 0.15) is 18.1 Å². The molecule has 0 aromatic heterocycles. The lowest BCUT2D eigenvalue weighted by Gasteiger charge is -2.14. The predicted molar refractivity (Wildman–Crippen MR) is 104 cm³/mol. The first-order valence-corrected chi connectivity index (χ1v) is 8.62. The van der Waals surface area contributed by atoms with Gasteiger partial charge in [-0.3, -0.25) is 0 Å². The molecule has 0 unspecified atom stereocenters. The number of aliphatic imine (C=N–C) groups is 1. The Balaban J connectivity index is 1.88. The molecule has 2 aromatic rings. The minimum absolute atomic E-state index is 0.219. The lowest BCUT2D eigenvalue weighted by Crippen LogP contribution is -2.38. The Hall–Kier alpha value is -2.56. The van der Waals surface area contributed by atoms with Crippen LogP contribution in [-0.4, -0.2) is 33.1 Å². The molecular weight excluding hydrogens is 315 g/mol. The summed E-state index contributed by atoms with van der Waals surface area (Å²) in [6.45, 7) is 3.87. The lowest BCUT2D eigenvalue weighted by atomic mass is 10.1. The van der Waals surface area contributed by atoms with Gasteiger partial charge in [0.15, 0.2) is 5.96 Å². The second-order valence-electron chi connectivity index (χ2n) is 6.02. The molecule has 5 heteroatoms. The van der Waals surface area contributed by atoms with Gasteiger partial charge in [-0.05, 0) is 37.1 Å². The second-order valence-corrected chi connectivity index (χ2v) is 6.02. The Kier molecular flexibility index (Phi) is 7.26. The molecule has 0 saturated heterocycles. The van der Waals surface area contributed by atoms with Gasteiger partial charge in [-0.25, -0.2) is 9.38 Å². The van der Waals surface area contributed by atoms with Gasteiger partial charge in [0.05, 0.1) is 6.54 Å². The van der Waals surface area contributed by atoms with Gasteiger partial charge in [-0.2, -0.15) is 0 Å². The molecule has 0 radical (unpaired) electrons. The average Bonchev–Trinajstić information content (AvgIpc) is 2.61. The highest BCUT2D eigenvalue weighted by Crippen LogP contribution is 2.12. The van der Waals surface area contributed by atoms with Crippen LogP contribution in [0.15, 0.2) is 53.5 Å². The summed E-state index contributed by atoms with van der Waals surface area (Å²) in [5.74, 6) is 0.485. The number of rotatable bonds is 7. The van der Waals surface area contributed by atoms with Crippen LogP contribution in [0.4, 0.5) is 10.1 Å². The monoisotopic (exact) mass is 342 g/mol. The topological polar surface area (TPSA) is 39.7 Å². The van der Waals surface area contributed by atoms with Gasteiger partial charge in [-0.15, -0.1) is 0 Å². The highest BCUT2D eigenvalue weighted by molar-refractivity contribution is 5.79. The first-order chi connectivity index (χ1) is 12.1. The third kappa shape index (κ3) is 6.10. The molecule has 2 aromatic carbocycles. The van der Waals surface area contributed by atoms with E-state index in [1.165, 1.54) is 17.3 Å². The SMILES string of the molecule is CCNC(=NCc1ccccc1F)NCCc1ccc(N(C)C)cc1. The summed E-state index contributed by atoms with van der Waals surface area (Å²) in [6.07, 6.45) is 0.901. The third-order valence-corrected chi connectivity index (χ3v) is 3.87. The highest BCUT2D eigenvalue weighted by Gasteiger charge is 2.02. The van der Waals surface area contributed by atoms with E-state index >= 15 is 0 Å². The summed E-state index contributed by atoms with van der Waals surface area (Å²) < 4.78 is 13.7. The van der Waals surface area contributed by atoms with E-state index in [1.807, 2.05) is 27.1 Å². The molecule has 0 aliphatic carbocycles. The van der Waals surface area contributed by atoms with Crippen molar-refractivity contribution in [3.63, 3.8) is 0 Å². The van der Waals surface area contributed by atoms with Gasteiger partial charge in [0.1, 0.15) is 5.82 Å². The Morgan fingerprint density at radius 1 is 1.04 bits per heavy atom. The van der Waals surface area contributed by atoms with Crippen LogP contribution in [0.25, 0.3) is 0 Å². The number of guanidine groups is 1. The third-order valence-electron chi connectivity index (χ3n) is 3.87. The summed E-state index contributed by atoms with van der Waals surface area (Å²) >= 11 is 0. The highest BCUT2D eigenvalue weighted by atomic mass is 19.1. The normalized spacial score (nSPS) is 11.3. The number of hydrogen-bond acceptors (Lipinski definition) is 2. The van der Waals surface area contributed by atoms with E-state index < -0.39 is 0 Å². The Morgan fingerprint density at radius 2 is 1.76 bits per heavy atom. The molecule has 0 amide bonds. The van der Waals surface area contributed by atoms with Crippen LogP contribution in [0.2, 0.25) is 0 Å². The summed E-state index contributed by atoms with van der Waals surface area (Å²) in [5, 5.41) is 6.49. The zero-order chi connectivity index (χ0) is 18.1. The van der Waals surface area contributed by atoms with Crippen molar-refractivity contribution >= 4 is 11.6 Å². The molecule has 25 heavy (non-hydrogen) atoms. The predicted octanol–water partition coefficient (Wildman–Crippen LogP) is 3.19. The molecule has 0 bridgehead atoms. The first kappa shape index (κ1) is 18.8. The van der Waals surface area contributed by atoms with Crippen molar-refractivity contribution < 1.29 is 4.39 Å². The molecule has 0 saturated carbocycles. The second kappa shape index (κ2) is 9.67. The fourth-order valence-corrected chi connectivity index (χ4v) is 2.42. The van der Waals surface area contributed by atoms with Crippen molar-refractivity contribution in [2.45, 2.75) is 19.9 Å². The largest absolute Gasteiger partial charge is 0.378 e.